The molecular formula is C33H36Cl3N5O3. The molecule has 2 heterocycles. The standard InChI is InChI=1S/C33H34ClN5O3.2ClH/c1-2-31(40)36-22-26-9-5-6-10-30(26)38-15-17-39(18-16-38)33(42)29(19-23-11-13-27(34)14-12-23)37-32(41)28-20-24-7-3-4-8-25(24)21-35-28;;/h3-14,20-21,29H,2,15-19,22H2,1H3,(H,36,40)(H,37,41);2*1H/t29-;;/m1../s1. The first-order valence-corrected chi connectivity index (χ1v) is 14.6. The Balaban J connectivity index is 0.00000264. The van der Waals surface area contributed by atoms with E-state index in [0.717, 1.165) is 27.6 Å². The van der Waals surface area contributed by atoms with Crippen LogP contribution in [0.25, 0.3) is 10.8 Å². The van der Waals surface area contributed by atoms with Crippen molar-refractivity contribution in [1.82, 2.24) is 20.5 Å². The summed E-state index contributed by atoms with van der Waals surface area (Å²) in [4.78, 5) is 47.4. The second-order valence-corrected chi connectivity index (χ2v) is 10.8. The lowest BCUT2D eigenvalue weighted by Gasteiger charge is -2.38. The molecule has 3 aromatic carbocycles. The van der Waals surface area contributed by atoms with Crippen molar-refractivity contribution in [3.63, 3.8) is 0 Å². The maximum Gasteiger partial charge on any atom is 0.270 e. The molecule has 232 valence electrons. The number of rotatable bonds is 9. The molecule has 0 spiro atoms. The summed E-state index contributed by atoms with van der Waals surface area (Å²) in [5, 5.41) is 8.37. The van der Waals surface area contributed by atoms with Crippen LogP contribution in [0, 0.1) is 0 Å². The maximum atomic E-state index is 13.9. The molecule has 1 aromatic heterocycles. The van der Waals surface area contributed by atoms with Crippen LogP contribution in [0.1, 0.15) is 35.0 Å². The number of pyridine rings is 1. The Bertz CT molecular complexity index is 1580. The molecule has 1 fully saturated rings. The Morgan fingerprint density at radius 1 is 0.886 bits per heavy atom. The van der Waals surface area contributed by atoms with Crippen LogP contribution >= 0.6 is 36.4 Å². The van der Waals surface area contributed by atoms with Crippen molar-refractivity contribution in [2.24, 2.45) is 0 Å². The van der Waals surface area contributed by atoms with Crippen LogP contribution in [0.15, 0.2) is 85.1 Å². The topological polar surface area (TPSA) is 94.6 Å². The van der Waals surface area contributed by atoms with Crippen LogP contribution in [-0.2, 0) is 22.6 Å². The predicted molar refractivity (Wildman–Crippen MR) is 180 cm³/mol. The number of carbonyl (C=O) groups excluding carboxylic acids is 3. The highest BCUT2D eigenvalue weighted by atomic mass is 35.5. The summed E-state index contributed by atoms with van der Waals surface area (Å²) in [7, 11) is 0. The van der Waals surface area contributed by atoms with E-state index in [9.17, 15) is 14.4 Å². The first-order chi connectivity index (χ1) is 20.4. The Labute approximate surface area is 275 Å². The molecule has 2 N–H and O–H groups in total. The molecule has 0 saturated carbocycles. The molecule has 4 aromatic rings. The monoisotopic (exact) mass is 655 g/mol. The molecule has 44 heavy (non-hydrogen) atoms. The lowest BCUT2D eigenvalue weighted by atomic mass is 10.0. The summed E-state index contributed by atoms with van der Waals surface area (Å²) >= 11 is 6.08. The molecule has 8 nitrogen and oxygen atoms in total. The highest BCUT2D eigenvalue weighted by molar-refractivity contribution is 6.30. The van der Waals surface area contributed by atoms with Gasteiger partial charge in [0, 0.05) is 67.9 Å². The average Bonchev–Trinajstić information content (AvgIpc) is 3.04. The highest BCUT2D eigenvalue weighted by Crippen LogP contribution is 2.23. The van der Waals surface area contributed by atoms with Crippen LogP contribution in [0.4, 0.5) is 5.69 Å². The van der Waals surface area contributed by atoms with E-state index < -0.39 is 11.9 Å². The van der Waals surface area contributed by atoms with Gasteiger partial charge in [0.25, 0.3) is 5.91 Å². The van der Waals surface area contributed by atoms with E-state index in [1.165, 1.54) is 0 Å². The number of fused-ring (bicyclic) bond motifs is 1. The van der Waals surface area contributed by atoms with Crippen molar-refractivity contribution in [3.05, 3.63) is 107 Å². The number of hydrogen-bond donors (Lipinski definition) is 2. The SMILES string of the molecule is CCC(=O)NCc1ccccc1N1CCN(C(=O)[C@@H](Cc2ccc(Cl)cc2)NC(=O)c2cc3ccccc3cn2)CC1.Cl.Cl. The van der Waals surface area contributed by atoms with E-state index in [1.807, 2.05) is 72.5 Å². The van der Waals surface area contributed by atoms with Gasteiger partial charge < -0.3 is 20.4 Å². The third-order valence-corrected chi connectivity index (χ3v) is 7.79. The Hall–Kier alpha value is -3.85. The van der Waals surface area contributed by atoms with Crippen LogP contribution in [-0.4, -0.2) is 59.8 Å². The Morgan fingerprint density at radius 2 is 1.55 bits per heavy atom. The van der Waals surface area contributed by atoms with Crippen molar-refractivity contribution in [1.29, 1.82) is 0 Å². The summed E-state index contributed by atoms with van der Waals surface area (Å²) in [6, 6.07) is 24.0. The minimum atomic E-state index is -0.768. The van der Waals surface area contributed by atoms with E-state index in [1.54, 1.807) is 24.4 Å². The van der Waals surface area contributed by atoms with Gasteiger partial charge in [-0.05, 0) is 40.8 Å². The van der Waals surface area contributed by atoms with Gasteiger partial charge in [-0.15, -0.1) is 24.8 Å². The van der Waals surface area contributed by atoms with Crippen molar-refractivity contribution in [3.8, 4) is 0 Å². The number of aromatic nitrogens is 1. The average molecular weight is 657 g/mol. The number of piperazine rings is 1. The van der Waals surface area contributed by atoms with Crippen LogP contribution in [0.3, 0.4) is 0 Å². The minimum Gasteiger partial charge on any atom is -0.368 e. The highest BCUT2D eigenvalue weighted by Gasteiger charge is 2.30. The van der Waals surface area contributed by atoms with Crippen molar-refractivity contribution >= 4 is 70.6 Å². The van der Waals surface area contributed by atoms with Gasteiger partial charge in [-0.3, -0.25) is 19.4 Å². The zero-order chi connectivity index (χ0) is 29.5. The fraction of sp³-hybridized carbons (Fsp3) is 0.273. The first-order valence-electron chi connectivity index (χ1n) is 14.2. The molecule has 1 saturated heterocycles. The molecule has 0 radical (unpaired) electrons. The molecular weight excluding hydrogens is 621 g/mol. The van der Waals surface area contributed by atoms with Crippen LogP contribution in [0.2, 0.25) is 5.02 Å². The number of anilines is 1. The van der Waals surface area contributed by atoms with Crippen LogP contribution < -0.4 is 15.5 Å². The molecule has 0 aliphatic carbocycles. The number of benzene rings is 3. The molecule has 0 unspecified atom stereocenters. The summed E-state index contributed by atoms with van der Waals surface area (Å²) < 4.78 is 0. The third kappa shape index (κ3) is 8.62. The number of para-hydroxylation sites is 1. The van der Waals surface area contributed by atoms with Gasteiger partial charge in [0.15, 0.2) is 0 Å². The smallest absolute Gasteiger partial charge is 0.270 e. The first kappa shape index (κ1) is 34.6. The molecule has 1 aliphatic heterocycles. The van der Waals surface area contributed by atoms with Crippen molar-refractivity contribution in [2.75, 3.05) is 31.1 Å². The number of amides is 3. The normalized spacial score (nSPS) is 13.3. The van der Waals surface area contributed by atoms with E-state index in [-0.39, 0.29) is 42.3 Å². The Kier molecular flexibility index (Phi) is 12.8. The Morgan fingerprint density at radius 3 is 2.25 bits per heavy atom. The van der Waals surface area contributed by atoms with Crippen molar-refractivity contribution in [2.45, 2.75) is 32.4 Å². The summed E-state index contributed by atoms with van der Waals surface area (Å²) in [5.74, 6) is -0.523. The lowest BCUT2D eigenvalue weighted by molar-refractivity contribution is -0.133. The van der Waals surface area contributed by atoms with Gasteiger partial charge in [-0.1, -0.05) is 73.1 Å². The van der Waals surface area contributed by atoms with E-state index in [0.29, 0.717) is 50.6 Å². The van der Waals surface area contributed by atoms with Gasteiger partial charge in [0.1, 0.15) is 11.7 Å². The summed E-state index contributed by atoms with van der Waals surface area (Å²) in [5.41, 5.74) is 3.25. The van der Waals surface area contributed by atoms with E-state index in [4.69, 9.17) is 11.6 Å². The zero-order valence-electron chi connectivity index (χ0n) is 24.4. The van der Waals surface area contributed by atoms with Gasteiger partial charge in [-0.25, -0.2) is 0 Å². The molecule has 5 rings (SSSR count). The molecule has 1 aliphatic rings. The number of hydrogen-bond acceptors (Lipinski definition) is 5. The second-order valence-electron chi connectivity index (χ2n) is 10.3. The molecule has 3 amide bonds. The maximum absolute atomic E-state index is 13.9. The van der Waals surface area contributed by atoms with E-state index >= 15 is 0 Å². The van der Waals surface area contributed by atoms with Gasteiger partial charge in [0.05, 0.1) is 0 Å². The fourth-order valence-electron chi connectivity index (χ4n) is 5.17. The van der Waals surface area contributed by atoms with E-state index in [2.05, 4.69) is 20.5 Å². The van der Waals surface area contributed by atoms with Crippen molar-refractivity contribution < 1.29 is 14.4 Å². The third-order valence-electron chi connectivity index (χ3n) is 7.54. The van der Waals surface area contributed by atoms with Gasteiger partial charge in [-0.2, -0.15) is 0 Å². The fourth-order valence-corrected chi connectivity index (χ4v) is 5.30. The quantitative estimate of drug-likeness (QED) is 0.250. The molecule has 0 bridgehead atoms. The predicted octanol–water partition coefficient (Wildman–Crippen LogP) is 5.45. The second kappa shape index (κ2) is 16.3. The van der Waals surface area contributed by atoms with Gasteiger partial charge >= 0.3 is 0 Å². The summed E-state index contributed by atoms with van der Waals surface area (Å²) in [6.07, 6.45) is 2.44. The molecule has 1 atom stereocenters. The number of carbonyl (C=O) groups is 3. The largest absolute Gasteiger partial charge is 0.368 e. The van der Waals surface area contributed by atoms with Gasteiger partial charge in [0.2, 0.25) is 11.8 Å². The zero-order valence-corrected chi connectivity index (χ0v) is 26.8. The van der Waals surface area contributed by atoms with Crippen LogP contribution in [0.5, 0.6) is 0 Å². The minimum absolute atomic E-state index is 0. The lowest BCUT2D eigenvalue weighted by Crippen LogP contribution is -2.55. The number of nitrogens with zero attached hydrogens (tertiary/aromatic N) is 3. The molecule has 11 heteroatoms. The summed E-state index contributed by atoms with van der Waals surface area (Å²) in [6.45, 7) is 4.58. The number of nitrogens with one attached hydrogen (secondary N) is 2. The number of halogens is 3.